The highest BCUT2D eigenvalue weighted by atomic mass is 79.9. The number of aliphatic hydroxyl groups excluding tert-OH is 1. The quantitative estimate of drug-likeness (QED) is 0.759. The Hall–Kier alpha value is 0.1000. The van der Waals surface area contributed by atoms with Crippen LogP contribution in [0.3, 0.4) is 0 Å². The van der Waals surface area contributed by atoms with Crippen LogP contribution < -0.4 is 5.32 Å². The van der Waals surface area contributed by atoms with Gasteiger partial charge in [-0.2, -0.15) is 0 Å². The molecule has 0 amide bonds. The van der Waals surface area contributed by atoms with E-state index < -0.39 is 0 Å². The molecule has 0 aliphatic rings. The zero-order valence-corrected chi connectivity index (χ0v) is 12.3. The number of halogens is 1. The minimum Gasteiger partial charge on any atom is -0.396 e. The van der Waals surface area contributed by atoms with Gasteiger partial charge in [-0.1, -0.05) is 13.8 Å². The lowest BCUT2D eigenvalue weighted by atomic mass is 9.97. The molecule has 0 radical (unpaired) electrons. The first kappa shape index (κ1) is 14.2. The molecule has 1 aromatic rings. The van der Waals surface area contributed by atoms with Gasteiger partial charge in [0.1, 0.15) is 0 Å². The Kier molecular flexibility index (Phi) is 6.58. The van der Waals surface area contributed by atoms with Crippen molar-refractivity contribution in [2.24, 2.45) is 11.8 Å². The molecule has 0 aromatic carbocycles. The molecule has 2 N–H and O–H groups in total. The average molecular weight is 306 g/mol. The molecule has 0 spiro atoms. The van der Waals surface area contributed by atoms with Gasteiger partial charge in [-0.25, -0.2) is 0 Å². The molecule has 0 aliphatic heterocycles. The summed E-state index contributed by atoms with van der Waals surface area (Å²) in [5, 5.41) is 14.7. The van der Waals surface area contributed by atoms with Gasteiger partial charge in [-0.05, 0) is 46.8 Å². The van der Waals surface area contributed by atoms with Crippen LogP contribution in [-0.2, 0) is 6.42 Å². The first-order valence-corrected chi connectivity index (χ1v) is 7.35. The molecule has 16 heavy (non-hydrogen) atoms. The smallest absolute Gasteiger partial charge is 0.0473 e. The molecule has 1 unspecified atom stereocenters. The van der Waals surface area contributed by atoms with E-state index in [1.807, 2.05) is 0 Å². The van der Waals surface area contributed by atoms with Crippen LogP contribution in [0.2, 0.25) is 0 Å². The molecule has 0 fully saturated rings. The van der Waals surface area contributed by atoms with Gasteiger partial charge in [0.05, 0.1) is 0 Å². The minimum absolute atomic E-state index is 0.273. The van der Waals surface area contributed by atoms with Gasteiger partial charge in [-0.15, -0.1) is 11.3 Å². The maximum absolute atomic E-state index is 9.17. The van der Waals surface area contributed by atoms with Crippen LogP contribution in [0.4, 0.5) is 0 Å². The summed E-state index contributed by atoms with van der Waals surface area (Å²) in [6.07, 6.45) is 1.06. The van der Waals surface area contributed by atoms with Gasteiger partial charge < -0.3 is 10.4 Å². The Morgan fingerprint density at radius 1 is 1.50 bits per heavy atom. The fourth-order valence-electron chi connectivity index (χ4n) is 1.50. The normalized spacial score (nSPS) is 13.3. The number of rotatable bonds is 7. The predicted molar refractivity (Wildman–Crippen MR) is 74.0 cm³/mol. The van der Waals surface area contributed by atoms with Crippen molar-refractivity contribution in [2.45, 2.75) is 20.3 Å². The number of aliphatic hydroxyl groups is 1. The van der Waals surface area contributed by atoms with Crippen LogP contribution >= 0.6 is 27.3 Å². The summed E-state index contributed by atoms with van der Waals surface area (Å²) >= 11 is 5.24. The van der Waals surface area contributed by atoms with E-state index in [1.54, 1.807) is 11.3 Å². The van der Waals surface area contributed by atoms with Crippen LogP contribution in [0.5, 0.6) is 0 Å². The van der Waals surface area contributed by atoms with E-state index in [1.165, 1.54) is 9.35 Å². The van der Waals surface area contributed by atoms with Crippen molar-refractivity contribution in [1.29, 1.82) is 0 Å². The Morgan fingerprint density at radius 2 is 2.25 bits per heavy atom. The summed E-state index contributed by atoms with van der Waals surface area (Å²) in [7, 11) is 0. The van der Waals surface area contributed by atoms with Crippen LogP contribution in [-0.4, -0.2) is 24.8 Å². The van der Waals surface area contributed by atoms with Gasteiger partial charge in [0.25, 0.3) is 0 Å². The molecule has 1 aromatic heterocycles. The van der Waals surface area contributed by atoms with Crippen LogP contribution in [0.25, 0.3) is 0 Å². The zero-order chi connectivity index (χ0) is 12.0. The molecule has 1 heterocycles. The SMILES string of the molecule is CC(C)C(CO)CNCCc1cc(Br)cs1. The van der Waals surface area contributed by atoms with Crippen molar-refractivity contribution in [3.63, 3.8) is 0 Å². The molecule has 0 aliphatic carbocycles. The molecule has 2 nitrogen and oxygen atoms in total. The van der Waals surface area contributed by atoms with E-state index >= 15 is 0 Å². The lowest BCUT2D eigenvalue weighted by Gasteiger charge is -2.18. The Balaban J connectivity index is 2.16. The monoisotopic (exact) mass is 305 g/mol. The molecule has 1 rings (SSSR count). The van der Waals surface area contributed by atoms with E-state index in [9.17, 15) is 5.11 Å². The molecule has 0 bridgehead atoms. The number of hydrogen-bond acceptors (Lipinski definition) is 3. The lowest BCUT2D eigenvalue weighted by molar-refractivity contribution is 0.186. The summed E-state index contributed by atoms with van der Waals surface area (Å²) in [6, 6.07) is 2.16. The highest BCUT2D eigenvalue weighted by Gasteiger charge is 2.10. The Labute approximate surface area is 110 Å². The number of hydrogen-bond donors (Lipinski definition) is 2. The van der Waals surface area contributed by atoms with Crippen molar-refractivity contribution >= 4 is 27.3 Å². The number of nitrogens with one attached hydrogen (secondary N) is 1. The molecule has 1 atom stereocenters. The van der Waals surface area contributed by atoms with Crippen LogP contribution in [0.15, 0.2) is 15.9 Å². The van der Waals surface area contributed by atoms with Gasteiger partial charge in [0.2, 0.25) is 0 Å². The fourth-order valence-corrected chi connectivity index (χ4v) is 2.95. The van der Waals surface area contributed by atoms with Crippen molar-refractivity contribution in [3.05, 3.63) is 20.8 Å². The van der Waals surface area contributed by atoms with E-state index in [4.69, 9.17) is 0 Å². The third-order valence-corrected chi connectivity index (χ3v) is 4.51. The molecular formula is C12H20BrNOS. The van der Waals surface area contributed by atoms with Gasteiger partial charge in [0.15, 0.2) is 0 Å². The highest BCUT2D eigenvalue weighted by Crippen LogP contribution is 2.19. The van der Waals surface area contributed by atoms with Gasteiger partial charge >= 0.3 is 0 Å². The average Bonchev–Trinajstić information content (AvgIpc) is 2.64. The van der Waals surface area contributed by atoms with Crippen molar-refractivity contribution in [2.75, 3.05) is 19.7 Å². The maximum atomic E-state index is 9.17. The Bertz CT molecular complexity index is 301. The van der Waals surface area contributed by atoms with Gasteiger partial charge in [-0.3, -0.25) is 0 Å². The second-order valence-electron chi connectivity index (χ2n) is 4.37. The third-order valence-electron chi connectivity index (χ3n) is 2.75. The first-order valence-electron chi connectivity index (χ1n) is 5.68. The van der Waals surface area contributed by atoms with Crippen LogP contribution in [0, 0.1) is 11.8 Å². The van der Waals surface area contributed by atoms with Crippen molar-refractivity contribution in [3.8, 4) is 0 Å². The largest absolute Gasteiger partial charge is 0.396 e. The predicted octanol–water partition coefficient (Wildman–Crippen LogP) is 2.91. The molecule has 0 saturated heterocycles. The summed E-state index contributed by atoms with van der Waals surface area (Å²) in [5.74, 6) is 0.906. The summed E-state index contributed by atoms with van der Waals surface area (Å²) in [4.78, 5) is 1.39. The van der Waals surface area contributed by atoms with E-state index in [-0.39, 0.29) is 6.61 Å². The van der Waals surface area contributed by atoms with E-state index in [0.29, 0.717) is 11.8 Å². The van der Waals surface area contributed by atoms with E-state index in [0.717, 1.165) is 19.5 Å². The fraction of sp³-hybridized carbons (Fsp3) is 0.667. The molecule has 0 saturated carbocycles. The maximum Gasteiger partial charge on any atom is 0.0473 e. The summed E-state index contributed by atoms with van der Waals surface area (Å²) in [6.45, 7) is 6.46. The second kappa shape index (κ2) is 7.43. The topological polar surface area (TPSA) is 32.3 Å². The second-order valence-corrected chi connectivity index (χ2v) is 6.28. The Morgan fingerprint density at radius 3 is 2.75 bits per heavy atom. The first-order chi connectivity index (χ1) is 7.63. The standard InChI is InChI=1S/C12H20BrNOS/c1-9(2)10(7-15)6-14-4-3-12-5-11(13)8-16-12/h5,8-10,14-15H,3-4,6-7H2,1-2H3. The molecule has 92 valence electrons. The van der Waals surface area contributed by atoms with Crippen LogP contribution in [0.1, 0.15) is 18.7 Å². The van der Waals surface area contributed by atoms with Crippen molar-refractivity contribution < 1.29 is 5.11 Å². The lowest BCUT2D eigenvalue weighted by Crippen LogP contribution is -2.29. The summed E-state index contributed by atoms with van der Waals surface area (Å²) < 4.78 is 1.17. The number of thiophene rings is 1. The highest BCUT2D eigenvalue weighted by molar-refractivity contribution is 9.10. The zero-order valence-electron chi connectivity index (χ0n) is 9.87. The van der Waals surface area contributed by atoms with E-state index in [2.05, 4.69) is 46.5 Å². The minimum atomic E-state index is 0.273. The summed E-state index contributed by atoms with van der Waals surface area (Å²) in [5.41, 5.74) is 0. The van der Waals surface area contributed by atoms with Gasteiger partial charge in [0, 0.05) is 27.9 Å². The molecular weight excluding hydrogens is 286 g/mol. The third kappa shape index (κ3) is 4.95. The van der Waals surface area contributed by atoms with Crippen molar-refractivity contribution in [1.82, 2.24) is 5.32 Å². The molecule has 4 heteroatoms.